The lowest BCUT2D eigenvalue weighted by atomic mass is 10.2. The Morgan fingerprint density at radius 1 is 1.20 bits per heavy atom. The summed E-state index contributed by atoms with van der Waals surface area (Å²) >= 11 is 1.46. The SMILES string of the molecule is COc1cccc(-c2nc(COC(=O)c3cccn3C)cs2)c1OC. The van der Waals surface area contributed by atoms with E-state index in [1.54, 1.807) is 44.2 Å². The van der Waals surface area contributed by atoms with E-state index in [2.05, 4.69) is 4.98 Å². The fraction of sp³-hybridized carbons (Fsp3) is 0.222. The van der Waals surface area contributed by atoms with E-state index < -0.39 is 0 Å². The third-order valence-corrected chi connectivity index (χ3v) is 4.61. The Labute approximate surface area is 149 Å². The molecule has 0 saturated heterocycles. The molecule has 0 fully saturated rings. The van der Waals surface area contributed by atoms with Crippen molar-refractivity contribution in [2.24, 2.45) is 7.05 Å². The molecule has 0 radical (unpaired) electrons. The molecule has 6 nitrogen and oxygen atoms in total. The molecule has 0 atom stereocenters. The maximum absolute atomic E-state index is 12.1. The number of aromatic nitrogens is 2. The summed E-state index contributed by atoms with van der Waals surface area (Å²) in [5.41, 5.74) is 2.03. The number of hydrogen-bond acceptors (Lipinski definition) is 6. The molecule has 0 unspecified atom stereocenters. The highest BCUT2D eigenvalue weighted by atomic mass is 32.1. The van der Waals surface area contributed by atoms with Gasteiger partial charge in [0, 0.05) is 18.6 Å². The van der Waals surface area contributed by atoms with Gasteiger partial charge in [0.05, 0.1) is 25.5 Å². The van der Waals surface area contributed by atoms with Gasteiger partial charge < -0.3 is 18.8 Å². The van der Waals surface area contributed by atoms with Crippen LogP contribution in [-0.4, -0.2) is 29.7 Å². The van der Waals surface area contributed by atoms with Crippen molar-refractivity contribution in [2.45, 2.75) is 6.61 Å². The molecule has 0 bridgehead atoms. The van der Waals surface area contributed by atoms with Crippen LogP contribution in [0, 0.1) is 0 Å². The van der Waals surface area contributed by atoms with Crippen LogP contribution in [0.3, 0.4) is 0 Å². The van der Waals surface area contributed by atoms with E-state index in [1.807, 2.05) is 23.6 Å². The van der Waals surface area contributed by atoms with E-state index in [-0.39, 0.29) is 12.6 Å². The average molecular weight is 358 g/mol. The number of aryl methyl sites for hydroxylation is 1. The molecule has 0 aliphatic carbocycles. The van der Waals surface area contributed by atoms with E-state index in [0.29, 0.717) is 22.9 Å². The normalized spacial score (nSPS) is 10.5. The minimum atomic E-state index is -0.374. The fourth-order valence-electron chi connectivity index (χ4n) is 2.44. The number of carbonyl (C=O) groups excluding carboxylic acids is 1. The van der Waals surface area contributed by atoms with Gasteiger partial charge in [0.2, 0.25) is 0 Å². The van der Waals surface area contributed by atoms with Crippen LogP contribution in [0.15, 0.2) is 41.9 Å². The summed E-state index contributed by atoms with van der Waals surface area (Å²) in [6.07, 6.45) is 1.80. The Kier molecular flexibility index (Phi) is 5.04. The van der Waals surface area contributed by atoms with Crippen molar-refractivity contribution in [1.29, 1.82) is 0 Å². The number of ether oxygens (including phenoxy) is 3. The van der Waals surface area contributed by atoms with Crippen LogP contribution in [-0.2, 0) is 18.4 Å². The molecule has 25 heavy (non-hydrogen) atoms. The first-order chi connectivity index (χ1) is 12.1. The summed E-state index contributed by atoms with van der Waals surface area (Å²) in [7, 11) is 4.99. The summed E-state index contributed by atoms with van der Waals surface area (Å²) in [4.78, 5) is 16.6. The first kappa shape index (κ1) is 17.0. The highest BCUT2D eigenvalue weighted by Crippen LogP contribution is 2.39. The predicted octanol–water partition coefficient (Wildman–Crippen LogP) is 3.52. The number of benzene rings is 1. The van der Waals surface area contributed by atoms with E-state index in [1.165, 1.54) is 11.3 Å². The molecule has 0 aliphatic heterocycles. The quantitative estimate of drug-likeness (QED) is 0.631. The van der Waals surface area contributed by atoms with E-state index in [4.69, 9.17) is 14.2 Å². The molecule has 7 heteroatoms. The Hall–Kier alpha value is -2.80. The van der Waals surface area contributed by atoms with Gasteiger partial charge in [-0.05, 0) is 24.3 Å². The first-order valence-electron chi connectivity index (χ1n) is 7.58. The van der Waals surface area contributed by atoms with E-state index >= 15 is 0 Å². The van der Waals surface area contributed by atoms with Crippen LogP contribution in [0.2, 0.25) is 0 Å². The molecular weight excluding hydrogens is 340 g/mol. The average Bonchev–Trinajstić information content (AvgIpc) is 3.27. The minimum absolute atomic E-state index is 0.118. The van der Waals surface area contributed by atoms with Crippen molar-refractivity contribution in [1.82, 2.24) is 9.55 Å². The van der Waals surface area contributed by atoms with Gasteiger partial charge in [-0.25, -0.2) is 9.78 Å². The van der Waals surface area contributed by atoms with Crippen LogP contribution in [0.5, 0.6) is 11.5 Å². The van der Waals surface area contributed by atoms with Crippen LogP contribution < -0.4 is 9.47 Å². The van der Waals surface area contributed by atoms with Gasteiger partial charge in [-0.3, -0.25) is 0 Å². The number of rotatable bonds is 6. The second-order valence-electron chi connectivity index (χ2n) is 5.27. The molecule has 0 saturated carbocycles. The second kappa shape index (κ2) is 7.40. The molecule has 1 aromatic carbocycles. The maximum atomic E-state index is 12.1. The summed E-state index contributed by atoms with van der Waals surface area (Å²) in [6.45, 7) is 0.118. The van der Waals surface area contributed by atoms with E-state index in [9.17, 15) is 4.79 Å². The Morgan fingerprint density at radius 3 is 2.72 bits per heavy atom. The smallest absolute Gasteiger partial charge is 0.355 e. The van der Waals surface area contributed by atoms with Gasteiger partial charge >= 0.3 is 5.97 Å². The summed E-state index contributed by atoms with van der Waals surface area (Å²) in [5.74, 6) is 0.902. The van der Waals surface area contributed by atoms with Crippen molar-refractivity contribution in [3.05, 3.63) is 53.3 Å². The van der Waals surface area contributed by atoms with Crippen molar-refractivity contribution >= 4 is 17.3 Å². The Morgan fingerprint density at radius 2 is 2.04 bits per heavy atom. The zero-order chi connectivity index (χ0) is 17.8. The zero-order valence-corrected chi connectivity index (χ0v) is 15.0. The minimum Gasteiger partial charge on any atom is -0.493 e. The topological polar surface area (TPSA) is 62.6 Å². The third kappa shape index (κ3) is 3.51. The number of thiazole rings is 1. The van der Waals surface area contributed by atoms with Crippen molar-refractivity contribution in [2.75, 3.05) is 14.2 Å². The molecule has 0 N–H and O–H groups in total. The first-order valence-corrected chi connectivity index (χ1v) is 8.46. The molecule has 3 rings (SSSR count). The van der Waals surface area contributed by atoms with Crippen molar-refractivity contribution in [3.8, 4) is 22.1 Å². The number of carbonyl (C=O) groups is 1. The standard InChI is InChI=1S/C18H18N2O4S/c1-20-9-5-7-14(20)18(21)24-10-12-11-25-17(19-12)13-6-4-8-15(22-2)16(13)23-3/h4-9,11H,10H2,1-3H3. The van der Waals surface area contributed by atoms with Gasteiger partial charge in [0.25, 0.3) is 0 Å². The van der Waals surface area contributed by atoms with Gasteiger partial charge in [-0.15, -0.1) is 11.3 Å². The van der Waals surface area contributed by atoms with Gasteiger partial charge in [0.1, 0.15) is 17.3 Å². The molecule has 130 valence electrons. The number of esters is 1. The summed E-state index contributed by atoms with van der Waals surface area (Å²) in [5, 5.41) is 2.65. The predicted molar refractivity (Wildman–Crippen MR) is 95.2 cm³/mol. The van der Waals surface area contributed by atoms with Crippen LogP contribution in [0.1, 0.15) is 16.2 Å². The highest BCUT2D eigenvalue weighted by molar-refractivity contribution is 7.13. The molecule has 0 aliphatic rings. The molecular formula is C18H18N2O4S. The van der Waals surface area contributed by atoms with Gasteiger partial charge in [-0.2, -0.15) is 0 Å². The molecule has 2 heterocycles. The van der Waals surface area contributed by atoms with Gasteiger partial charge in [0.15, 0.2) is 11.5 Å². The summed E-state index contributed by atoms with van der Waals surface area (Å²) in [6, 6.07) is 9.15. The van der Waals surface area contributed by atoms with E-state index in [0.717, 1.165) is 10.6 Å². The van der Waals surface area contributed by atoms with Gasteiger partial charge in [-0.1, -0.05) is 6.07 Å². The Balaban J connectivity index is 1.75. The largest absolute Gasteiger partial charge is 0.493 e. The highest BCUT2D eigenvalue weighted by Gasteiger charge is 2.16. The zero-order valence-electron chi connectivity index (χ0n) is 14.2. The molecule has 3 aromatic rings. The van der Waals surface area contributed by atoms with Crippen LogP contribution >= 0.6 is 11.3 Å². The Bertz CT molecular complexity index is 885. The lowest BCUT2D eigenvalue weighted by Crippen LogP contribution is -2.09. The number of methoxy groups -OCH3 is 2. The van der Waals surface area contributed by atoms with Crippen molar-refractivity contribution < 1.29 is 19.0 Å². The molecule has 0 amide bonds. The summed E-state index contributed by atoms with van der Waals surface area (Å²) < 4.78 is 17.8. The fourth-order valence-corrected chi connectivity index (χ4v) is 3.27. The third-order valence-electron chi connectivity index (χ3n) is 3.69. The molecule has 2 aromatic heterocycles. The van der Waals surface area contributed by atoms with Crippen molar-refractivity contribution in [3.63, 3.8) is 0 Å². The number of nitrogens with zero attached hydrogens (tertiary/aromatic N) is 2. The second-order valence-corrected chi connectivity index (χ2v) is 6.12. The number of para-hydroxylation sites is 1. The maximum Gasteiger partial charge on any atom is 0.355 e. The number of hydrogen-bond donors (Lipinski definition) is 0. The monoisotopic (exact) mass is 358 g/mol. The van der Waals surface area contributed by atoms with Crippen LogP contribution in [0.4, 0.5) is 0 Å². The van der Waals surface area contributed by atoms with Crippen LogP contribution in [0.25, 0.3) is 10.6 Å². The lowest BCUT2D eigenvalue weighted by molar-refractivity contribution is 0.0457. The molecule has 0 spiro atoms. The lowest BCUT2D eigenvalue weighted by Gasteiger charge is -2.10.